The number of ketones is 1. The van der Waals surface area contributed by atoms with Crippen molar-refractivity contribution in [3.63, 3.8) is 0 Å². The van der Waals surface area contributed by atoms with Crippen LogP contribution in [-0.4, -0.2) is 64.1 Å². The average molecular weight is 518 g/mol. The van der Waals surface area contributed by atoms with Gasteiger partial charge in [-0.3, -0.25) is 9.59 Å². The average Bonchev–Trinajstić information content (AvgIpc) is 3.28. The van der Waals surface area contributed by atoms with Gasteiger partial charge in [-0.15, -0.1) is 18.3 Å². The van der Waals surface area contributed by atoms with Gasteiger partial charge in [0.2, 0.25) is 0 Å². The molecule has 6 heteroatoms. The van der Waals surface area contributed by atoms with Crippen molar-refractivity contribution in [2.45, 2.75) is 115 Å². The zero-order chi connectivity index (χ0) is 26.0. The Labute approximate surface area is 222 Å². The van der Waals surface area contributed by atoms with Gasteiger partial charge in [-0.25, -0.2) is 0 Å². The first-order valence-electron chi connectivity index (χ1n) is 14.3. The quantitative estimate of drug-likeness (QED) is 0.397. The van der Waals surface area contributed by atoms with E-state index in [0.29, 0.717) is 41.7 Å². The van der Waals surface area contributed by atoms with Gasteiger partial charge in [0.1, 0.15) is 11.9 Å². The van der Waals surface area contributed by atoms with Crippen LogP contribution in [0, 0.1) is 34.0 Å². The van der Waals surface area contributed by atoms with Gasteiger partial charge in [-0.1, -0.05) is 33.8 Å². The summed E-state index contributed by atoms with van der Waals surface area (Å²) in [6.45, 7) is 12.8. The molecule has 4 unspecified atom stereocenters. The number of fused-ring (bicyclic) bond motifs is 2. The van der Waals surface area contributed by atoms with Gasteiger partial charge in [-0.2, -0.15) is 0 Å². The van der Waals surface area contributed by atoms with Crippen LogP contribution >= 0.6 is 11.8 Å². The molecule has 36 heavy (non-hydrogen) atoms. The molecule has 5 aliphatic rings. The van der Waals surface area contributed by atoms with Crippen LogP contribution in [0.3, 0.4) is 0 Å². The number of hydrogen-bond donors (Lipinski definition) is 1. The third-order valence-electron chi connectivity index (χ3n) is 12.1. The minimum Gasteiger partial charge on any atom is -0.461 e. The summed E-state index contributed by atoms with van der Waals surface area (Å²) >= 11 is 1.76. The molecule has 3 aliphatic carbocycles. The number of aliphatic hydroxyl groups is 1. The van der Waals surface area contributed by atoms with Crippen LogP contribution in [0.2, 0.25) is 0 Å². The fourth-order valence-electron chi connectivity index (χ4n) is 9.38. The number of thioether (sulfide) groups is 1. The standard InChI is InChI=1S/C30H47NO4S/c1-7-28(4)16-24(35-25(33)17-36-22-14-20-8-9-21(15-22)31(20)6)29(5)18(2)10-12-30(19(3)27(28)34)13-11-23(32)26(29)30/h7,18-22,24,26-27,34H,1,8-17H2,2-6H3/t18?,19-,20?,21?,22?,24+,26-,27-,28+,29?,30-/m0/s1. The van der Waals surface area contributed by atoms with Crippen molar-refractivity contribution in [3.05, 3.63) is 12.7 Å². The molecule has 3 saturated carbocycles. The maximum absolute atomic E-state index is 13.5. The van der Waals surface area contributed by atoms with Crippen molar-refractivity contribution < 1.29 is 19.4 Å². The first-order chi connectivity index (χ1) is 17.0. The maximum atomic E-state index is 13.5. The highest BCUT2D eigenvalue weighted by molar-refractivity contribution is 8.00. The molecule has 0 spiro atoms. The maximum Gasteiger partial charge on any atom is 0.316 e. The number of esters is 1. The van der Waals surface area contributed by atoms with Crippen molar-refractivity contribution >= 4 is 23.5 Å². The molecule has 0 aromatic rings. The second kappa shape index (κ2) is 9.41. The van der Waals surface area contributed by atoms with Gasteiger partial charge in [0.05, 0.1) is 11.9 Å². The Morgan fingerprint density at radius 1 is 1.19 bits per heavy atom. The van der Waals surface area contributed by atoms with E-state index in [0.717, 1.165) is 32.1 Å². The number of ether oxygens (including phenoxy) is 1. The number of nitrogens with zero attached hydrogens (tertiary/aromatic N) is 1. The van der Waals surface area contributed by atoms with Gasteiger partial charge in [0.25, 0.3) is 0 Å². The molecule has 5 nitrogen and oxygen atoms in total. The largest absolute Gasteiger partial charge is 0.461 e. The summed E-state index contributed by atoms with van der Waals surface area (Å²) in [5.41, 5.74) is -1.24. The van der Waals surface area contributed by atoms with E-state index in [1.54, 1.807) is 11.8 Å². The van der Waals surface area contributed by atoms with Crippen LogP contribution in [0.25, 0.3) is 0 Å². The minimum atomic E-state index is -0.619. The topological polar surface area (TPSA) is 66.8 Å². The predicted molar refractivity (Wildman–Crippen MR) is 145 cm³/mol. The second-order valence-electron chi connectivity index (χ2n) is 13.5. The first-order valence-corrected chi connectivity index (χ1v) is 15.4. The molecule has 2 saturated heterocycles. The number of rotatable bonds is 5. The number of Topliss-reactive ketones (excluding diaryl/α,β-unsaturated/α-hetero) is 1. The molecule has 0 aromatic heterocycles. The van der Waals surface area contributed by atoms with Gasteiger partial charge in [0, 0.05) is 40.5 Å². The van der Waals surface area contributed by atoms with Crippen molar-refractivity contribution in [2.24, 2.45) is 34.0 Å². The summed E-state index contributed by atoms with van der Waals surface area (Å²) < 4.78 is 6.42. The summed E-state index contributed by atoms with van der Waals surface area (Å²) in [7, 11) is 2.24. The van der Waals surface area contributed by atoms with Gasteiger partial charge >= 0.3 is 5.97 Å². The zero-order valence-corrected chi connectivity index (χ0v) is 23.8. The highest BCUT2D eigenvalue weighted by Crippen LogP contribution is 2.68. The van der Waals surface area contributed by atoms with Crippen LogP contribution in [0.4, 0.5) is 0 Å². The molecule has 5 rings (SSSR count). The molecule has 10 atom stereocenters. The number of hydrogen-bond acceptors (Lipinski definition) is 6. The Bertz CT molecular complexity index is 895. The Kier molecular flexibility index (Phi) is 6.99. The van der Waals surface area contributed by atoms with Crippen LogP contribution in [0.1, 0.15) is 85.5 Å². The lowest BCUT2D eigenvalue weighted by Gasteiger charge is -2.61. The molecule has 0 radical (unpaired) electrons. The third-order valence-corrected chi connectivity index (χ3v) is 13.3. The first kappa shape index (κ1) is 26.7. The number of carbonyl (C=O) groups is 2. The summed E-state index contributed by atoms with van der Waals surface area (Å²) in [6, 6.07) is 1.31. The van der Waals surface area contributed by atoms with E-state index in [9.17, 15) is 14.7 Å². The molecular formula is C30H47NO4S. The lowest BCUT2D eigenvalue weighted by molar-refractivity contribution is -0.205. The Hall–Kier alpha value is -0.850. The molecule has 1 N–H and O–H groups in total. The van der Waals surface area contributed by atoms with Gasteiger partial charge < -0.3 is 14.7 Å². The molecule has 4 bridgehead atoms. The molecule has 2 heterocycles. The van der Waals surface area contributed by atoms with Crippen molar-refractivity contribution in [3.8, 4) is 0 Å². The lowest BCUT2D eigenvalue weighted by Crippen LogP contribution is -2.63. The number of carbonyl (C=O) groups excluding carboxylic acids is 2. The minimum absolute atomic E-state index is 0.00390. The second-order valence-corrected chi connectivity index (χ2v) is 14.8. The van der Waals surface area contributed by atoms with Crippen molar-refractivity contribution in [1.29, 1.82) is 0 Å². The van der Waals surface area contributed by atoms with Crippen molar-refractivity contribution in [1.82, 2.24) is 4.90 Å². The summed E-state index contributed by atoms with van der Waals surface area (Å²) in [5, 5.41) is 12.2. The summed E-state index contributed by atoms with van der Waals surface area (Å²) in [5.74, 6) is 0.605. The normalized spacial score (nSPS) is 50.8. The fraction of sp³-hybridized carbons (Fsp3) is 0.867. The van der Waals surface area contributed by atoms with E-state index in [-0.39, 0.29) is 29.1 Å². The number of piperidine rings is 1. The van der Waals surface area contributed by atoms with Crippen LogP contribution in [-0.2, 0) is 14.3 Å². The van der Waals surface area contributed by atoms with E-state index in [2.05, 4.69) is 46.2 Å². The zero-order valence-electron chi connectivity index (χ0n) is 23.0. The molecule has 5 fully saturated rings. The Morgan fingerprint density at radius 3 is 2.50 bits per heavy atom. The Balaban J connectivity index is 1.39. The monoisotopic (exact) mass is 517 g/mol. The molecule has 0 amide bonds. The van der Waals surface area contributed by atoms with E-state index in [1.165, 1.54) is 12.8 Å². The van der Waals surface area contributed by atoms with Crippen LogP contribution in [0.5, 0.6) is 0 Å². The van der Waals surface area contributed by atoms with Crippen LogP contribution in [0.15, 0.2) is 12.7 Å². The number of aliphatic hydroxyl groups excluding tert-OH is 1. The van der Waals surface area contributed by atoms with E-state index >= 15 is 0 Å². The molecule has 2 aliphatic heterocycles. The van der Waals surface area contributed by atoms with Crippen LogP contribution < -0.4 is 0 Å². The molecule has 202 valence electrons. The highest BCUT2D eigenvalue weighted by atomic mass is 32.2. The third kappa shape index (κ3) is 3.95. The summed E-state index contributed by atoms with van der Waals surface area (Å²) in [4.78, 5) is 29.4. The predicted octanol–water partition coefficient (Wildman–Crippen LogP) is 5.25. The molecule has 0 aromatic carbocycles. The van der Waals surface area contributed by atoms with Gasteiger partial charge in [0.15, 0.2) is 0 Å². The summed E-state index contributed by atoms with van der Waals surface area (Å²) in [6.07, 6.45) is 9.58. The van der Waals surface area contributed by atoms with E-state index < -0.39 is 23.0 Å². The van der Waals surface area contributed by atoms with E-state index in [4.69, 9.17) is 4.74 Å². The smallest absolute Gasteiger partial charge is 0.316 e. The molecular weight excluding hydrogens is 470 g/mol. The Morgan fingerprint density at radius 2 is 1.86 bits per heavy atom. The fourth-order valence-corrected chi connectivity index (χ4v) is 10.5. The SMILES string of the molecule is C=C[C@]1(C)C[C@@H](OC(=O)CSC2CC3CCC(C2)N3C)C2(C)C(C)CC[C@]3(CCC(=O)[C@@H]23)[C@@H](C)[C@@H]1O. The van der Waals surface area contributed by atoms with E-state index in [1.807, 2.05) is 6.08 Å². The highest BCUT2D eigenvalue weighted by Gasteiger charge is 2.68. The van der Waals surface area contributed by atoms with Gasteiger partial charge in [-0.05, 0) is 75.7 Å². The lowest BCUT2D eigenvalue weighted by atomic mass is 9.44. The van der Waals surface area contributed by atoms with Crippen molar-refractivity contribution in [2.75, 3.05) is 12.8 Å².